The Hall–Kier alpha value is -0.843. The molecule has 0 aromatic carbocycles. The normalized spacial score (nSPS) is 11.2. The molecule has 0 N–H and O–H groups in total. The minimum Gasteiger partial charge on any atom is -0.485 e. The van der Waals surface area contributed by atoms with Gasteiger partial charge < -0.3 is 8.85 Å². The first kappa shape index (κ1) is 19.2. The average molecular weight is 302 g/mol. The van der Waals surface area contributed by atoms with Gasteiger partial charge in [0.15, 0.2) is 0 Å². The van der Waals surface area contributed by atoms with Crippen molar-refractivity contribution in [2.45, 2.75) is 84.7 Å². The summed E-state index contributed by atoms with van der Waals surface area (Å²) in [5.41, 5.74) is 0. The highest BCUT2D eigenvalue weighted by Gasteiger charge is 2.37. The van der Waals surface area contributed by atoms with Crippen LogP contribution in [-0.4, -0.2) is 20.5 Å². The van der Waals surface area contributed by atoms with E-state index in [-0.39, 0.29) is 11.9 Å². The zero-order chi connectivity index (χ0) is 15.4. The first-order chi connectivity index (χ1) is 9.39. The molecule has 0 aromatic heterocycles. The SMILES string of the molecule is CCCCCCCCCC[Si](C)(OC(C)=O)OC(C)=O. The lowest BCUT2D eigenvalue weighted by atomic mass is 10.1. The van der Waals surface area contributed by atoms with E-state index in [0.29, 0.717) is 6.04 Å². The van der Waals surface area contributed by atoms with Gasteiger partial charge in [-0.1, -0.05) is 51.9 Å². The molecule has 0 saturated heterocycles. The van der Waals surface area contributed by atoms with Gasteiger partial charge in [0.05, 0.1) is 0 Å². The molecular formula is C15H30O4Si. The van der Waals surface area contributed by atoms with Crippen molar-refractivity contribution >= 4 is 20.5 Å². The van der Waals surface area contributed by atoms with Crippen LogP contribution in [0.25, 0.3) is 0 Å². The fraction of sp³-hybridized carbons (Fsp3) is 0.867. The average Bonchev–Trinajstić information content (AvgIpc) is 2.30. The smallest absolute Gasteiger partial charge is 0.461 e. The van der Waals surface area contributed by atoms with Crippen LogP contribution in [0.5, 0.6) is 0 Å². The van der Waals surface area contributed by atoms with E-state index in [4.69, 9.17) is 8.85 Å². The van der Waals surface area contributed by atoms with Crippen molar-refractivity contribution in [1.82, 2.24) is 0 Å². The maximum Gasteiger partial charge on any atom is 0.461 e. The number of carbonyl (C=O) groups is 2. The molecular weight excluding hydrogens is 272 g/mol. The lowest BCUT2D eigenvalue weighted by Gasteiger charge is -2.24. The second-order valence-corrected chi connectivity index (χ2v) is 8.72. The molecule has 0 aliphatic rings. The van der Waals surface area contributed by atoms with Gasteiger partial charge in [-0.3, -0.25) is 9.59 Å². The molecule has 0 fully saturated rings. The first-order valence-corrected chi connectivity index (χ1v) is 10.3. The van der Waals surface area contributed by atoms with E-state index < -0.39 is 8.56 Å². The molecule has 0 aliphatic heterocycles. The van der Waals surface area contributed by atoms with Crippen molar-refractivity contribution < 1.29 is 18.4 Å². The molecule has 5 heteroatoms. The minimum absolute atomic E-state index is 0.361. The molecule has 0 saturated carbocycles. The minimum atomic E-state index is -2.66. The van der Waals surface area contributed by atoms with Crippen molar-refractivity contribution in [3.63, 3.8) is 0 Å². The highest BCUT2D eigenvalue weighted by Crippen LogP contribution is 2.19. The van der Waals surface area contributed by atoms with E-state index in [1.54, 1.807) is 6.55 Å². The Morgan fingerprint density at radius 1 is 0.800 bits per heavy atom. The molecule has 0 amide bonds. The van der Waals surface area contributed by atoms with E-state index in [1.807, 2.05) is 0 Å². The van der Waals surface area contributed by atoms with E-state index in [1.165, 1.54) is 52.4 Å². The fourth-order valence-electron chi connectivity index (χ4n) is 2.31. The highest BCUT2D eigenvalue weighted by atomic mass is 28.4. The summed E-state index contributed by atoms with van der Waals surface area (Å²) in [6, 6.07) is 0.696. The predicted molar refractivity (Wildman–Crippen MR) is 82.6 cm³/mol. The Bertz CT molecular complexity index is 276. The molecule has 0 bridgehead atoms. The molecule has 0 rings (SSSR count). The number of hydrogen-bond acceptors (Lipinski definition) is 4. The van der Waals surface area contributed by atoms with Crippen LogP contribution in [0.15, 0.2) is 0 Å². The lowest BCUT2D eigenvalue weighted by Crippen LogP contribution is -2.41. The molecule has 0 atom stereocenters. The Morgan fingerprint density at radius 3 is 1.60 bits per heavy atom. The Labute approximate surface area is 124 Å². The Kier molecular flexibility index (Phi) is 10.4. The summed E-state index contributed by atoms with van der Waals surface area (Å²) in [6.07, 6.45) is 9.75. The van der Waals surface area contributed by atoms with Crippen LogP contribution in [-0.2, 0) is 18.4 Å². The number of carbonyl (C=O) groups excluding carboxylic acids is 2. The topological polar surface area (TPSA) is 52.6 Å². The first-order valence-electron chi connectivity index (χ1n) is 7.79. The highest BCUT2D eigenvalue weighted by molar-refractivity contribution is 6.69. The monoisotopic (exact) mass is 302 g/mol. The Balaban J connectivity index is 3.85. The van der Waals surface area contributed by atoms with Gasteiger partial charge in [-0.05, 0) is 6.42 Å². The second-order valence-electron chi connectivity index (χ2n) is 5.55. The van der Waals surface area contributed by atoms with Crippen LogP contribution in [0.4, 0.5) is 0 Å². The molecule has 0 heterocycles. The van der Waals surface area contributed by atoms with Gasteiger partial charge >= 0.3 is 8.56 Å². The summed E-state index contributed by atoms with van der Waals surface area (Å²) in [7, 11) is -2.66. The van der Waals surface area contributed by atoms with E-state index in [0.717, 1.165) is 12.8 Å². The van der Waals surface area contributed by atoms with Crippen LogP contribution in [0, 0.1) is 0 Å². The zero-order valence-electron chi connectivity index (χ0n) is 13.5. The summed E-state index contributed by atoms with van der Waals surface area (Å²) in [5, 5.41) is 0. The summed E-state index contributed by atoms with van der Waals surface area (Å²) >= 11 is 0. The van der Waals surface area contributed by atoms with Gasteiger partial charge in [-0.25, -0.2) is 0 Å². The van der Waals surface area contributed by atoms with Crippen molar-refractivity contribution in [3.8, 4) is 0 Å². The molecule has 118 valence electrons. The third-order valence-electron chi connectivity index (χ3n) is 3.20. The Morgan fingerprint density at radius 2 is 1.20 bits per heavy atom. The van der Waals surface area contributed by atoms with Crippen molar-refractivity contribution in [3.05, 3.63) is 0 Å². The van der Waals surface area contributed by atoms with Gasteiger partial charge in [0.1, 0.15) is 0 Å². The predicted octanol–water partition coefficient (Wildman–Crippen LogP) is 4.33. The van der Waals surface area contributed by atoms with Gasteiger partial charge in [0.25, 0.3) is 11.9 Å². The van der Waals surface area contributed by atoms with Crippen LogP contribution < -0.4 is 0 Å². The van der Waals surface area contributed by atoms with Gasteiger partial charge in [0.2, 0.25) is 0 Å². The third kappa shape index (κ3) is 11.0. The third-order valence-corrected chi connectivity index (χ3v) is 5.90. The van der Waals surface area contributed by atoms with Gasteiger partial charge in [0, 0.05) is 26.4 Å². The number of hydrogen-bond donors (Lipinski definition) is 0. The molecule has 4 nitrogen and oxygen atoms in total. The van der Waals surface area contributed by atoms with Gasteiger partial charge in [-0.2, -0.15) is 0 Å². The molecule has 0 aliphatic carbocycles. The molecule has 0 radical (unpaired) electrons. The lowest BCUT2D eigenvalue weighted by molar-refractivity contribution is -0.138. The second kappa shape index (κ2) is 10.9. The van der Waals surface area contributed by atoms with Crippen LogP contribution >= 0.6 is 0 Å². The van der Waals surface area contributed by atoms with Crippen LogP contribution in [0.3, 0.4) is 0 Å². The van der Waals surface area contributed by atoms with Crippen molar-refractivity contribution in [1.29, 1.82) is 0 Å². The zero-order valence-corrected chi connectivity index (χ0v) is 14.5. The summed E-state index contributed by atoms with van der Waals surface area (Å²) in [5.74, 6) is -0.722. The molecule has 0 aromatic rings. The molecule has 0 unspecified atom stereocenters. The molecule has 0 spiro atoms. The summed E-state index contributed by atoms with van der Waals surface area (Å²) in [6.45, 7) is 6.73. The summed E-state index contributed by atoms with van der Waals surface area (Å²) in [4.78, 5) is 22.2. The summed E-state index contributed by atoms with van der Waals surface area (Å²) < 4.78 is 10.5. The largest absolute Gasteiger partial charge is 0.485 e. The van der Waals surface area contributed by atoms with E-state index >= 15 is 0 Å². The quantitative estimate of drug-likeness (QED) is 0.421. The van der Waals surface area contributed by atoms with E-state index in [9.17, 15) is 9.59 Å². The van der Waals surface area contributed by atoms with E-state index in [2.05, 4.69) is 6.92 Å². The van der Waals surface area contributed by atoms with Crippen molar-refractivity contribution in [2.75, 3.05) is 0 Å². The fourth-order valence-corrected chi connectivity index (χ4v) is 4.67. The standard InChI is InChI=1S/C15H30O4Si/c1-5-6-7-8-9-10-11-12-13-20(4,18-14(2)16)19-15(3)17/h5-13H2,1-4H3. The van der Waals surface area contributed by atoms with Crippen molar-refractivity contribution in [2.24, 2.45) is 0 Å². The maximum atomic E-state index is 11.1. The van der Waals surface area contributed by atoms with Crippen LogP contribution in [0.1, 0.15) is 72.1 Å². The number of rotatable bonds is 11. The maximum absolute atomic E-state index is 11.1. The molecule has 20 heavy (non-hydrogen) atoms. The van der Waals surface area contributed by atoms with Gasteiger partial charge in [-0.15, -0.1) is 0 Å². The van der Waals surface area contributed by atoms with Crippen LogP contribution in [0.2, 0.25) is 12.6 Å². The number of unbranched alkanes of at least 4 members (excludes halogenated alkanes) is 7.